The molecular formula is C12H16O2Se. The van der Waals surface area contributed by atoms with Crippen molar-refractivity contribution < 1.29 is 10.2 Å². The summed E-state index contributed by atoms with van der Waals surface area (Å²) in [4.78, 5) is 0. The number of rotatable bonds is 6. The minimum atomic E-state index is -0.225. The van der Waals surface area contributed by atoms with Gasteiger partial charge in [-0.25, -0.2) is 0 Å². The van der Waals surface area contributed by atoms with Gasteiger partial charge in [0.1, 0.15) is 0 Å². The molecule has 2 N–H and O–H groups in total. The molecule has 0 saturated carbocycles. The van der Waals surface area contributed by atoms with Crippen LogP contribution < -0.4 is 4.46 Å². The zero-order valence-electron chi connectivity index (χ0n) is 8.60. The van der Waals surface area contributed by atoms with Crippen LogP contribution in [0.15, 0.2) is 36.9 Å². The number of benzene rings is 1. The van der Waals surface area contributed by atoms with Gasteiger partial charge < -0.3 is 0 Å². The van der Waals surface area contributed by atoms with Gasteiger partial charge in [-0.1, -0.05) is 0 Å². The molecule has 0 heterocycles. The summed E-state index contributed by atoms with van der Waals surface area (Å²) in [5, 5.41) is 19.5. The molecule has 0 aromatic heterocycles. The van der Waals surface area contributed by atoms with E-state index in [1.54, 1.807) is 12.1 Å². The van der Waals surface area contributed by atoms with E-state index in [-0.39, 0.29) is 21.1 Å². The Hall–Kier alpha value is -0.761. The molecule has 1 aromatic rings. The van der Waals surface area contributed by atoms with Gasteiger partial charge in [-0.3, -0.25) is 0 Å². The van der Waals surface area contributed by atoms with Crippen molar-refractivity contribution >= 4 is 19.4 Å². The molecule has 1 rings (SSSR count). The first-order valence-electron chi connectivity index (χ1n) is 4.93. The van der Waals surface area contributed by atoms with Crippen LogP contribution in [0.25, 0.3) is 0 Å². The Labute approximate surface area is 96.8 Å². The van der Waals surface area contributed by atoms with Gasteiger partial charge >= 0.3 is 96.6 Å². The number of allylic oxidation sites excluding steroid dienone is 1. The van der Waals surface area contributed by atoms with Crippen molar-refractivity contribution in [3.8, 4) is 5.75 Å². The molecule has 0 aliphatic rings. The number of aliphatic hydroxyl groups is 1. The fourth-order valence-electron chi connectivity index (χ4n) is 1.13. The Morgan fingerprint density at radius 1 is 1.33 bits per heavy atom. The van der Waals surface area contributed by atoms with E-state index in [9.17, 15) is 5.11 Å². The van der Waals surface area contributed by atoms with E-state index in [0.29, 0.717) is 5.75 Å². The fourth-order valence-corrected chi connectivity index (χ4v) is 2.97. The summed E-state index contributed by atoms with van der Waals surface area (Å²) in [5.74, 6) is 0.293. The average molecular weight is 271 g/mol. The van der Waals surface area contributed by atoms with E-state index in [1.165, 1.54) is 4.46 Å². The van der Waals surface area contributed by atoms with Crippen LogP contribution in [-0.2, 0) is 0 Å². The number of hydrogen-bond acceptors (Lipinski definition) is 2. The summed E-state index contributed by atoms with van der Waals surface area (Å²) in [7, 11) is 0. The molecular weight excluding hydrogens is 255 g/mol. The van der Waals surface area contributed by atoms with Crippen molar-refractivity contribution in [2.24, 2.45) is 0 Å². The van der Waals surface area contributed by atoms with E-state index in [2.05, 4.69) is 6.58 Å². The first kappa shape index (κ1) is 12.3. The van der Waals surface area contributed by atoms with Gasteiger partial charge in [0.25, 0.3) is 0 Å². The van der Waals surface area contributed by atoms with Gasteiger partial charge in [-0.15, -0.1) is 0 Å². The van der Waals surface area contributed by atoms with Crippen LogP contribution in [0.4, 0.5) is 0 Å². The predicted octanol–water partition coefficient (Wildman–Crippen LogP) is 1.47. The van der Waals surface area contributed by atoms with E-state index >= 15 is 0 Å². The summed E-state index contributed by atoms with van der Waals surface area (Å²) in [6.45, 7) is 3.63. The second-order valence-electron chi connectivity index (χ2n) is 3.32. The van der Waals surface area contributed by atoms with Gasteiger partial charge in [0, 0.05) is 0 Å². The molecule has 0 aliphatic heterocycles. The quantitative estimate of drug-likeness (QED) is 0.607. The van der Waals surface area contributed by atoms with E-state index in [0.717, 1.165) is 18.2 Å². The third kappa shape index (κ3) is 5.03. The second kappa shape index (κ2) is 6.67. The molecule has 0 amide bonds. The molecule has 0 saturated heterocycles. The zero-order valence-corrected chi connectivity index (χ0v) is 10.3. The summed E-state index contributed by atoms with van der Waals surface area (Å²) in [6.07, 6.45) is 3.27. The molecule has 1 atom stereocenters. The van der Waals surface area contributed by atoms with Crippen LogP contribution in [-0.4, -0.2) is 31.3 Å². The molecule has 0 fully saturated rings. The maximum absolute atomic E-state index is 9.61. The summed E-state index contributed by atoms with van der Waals surface area (Å²) < 4.78 is 1.21. The Morgan fingerprint density at radius 2 is 2.00 bits per heavy atom. The van der Waals surface area contributed by atoms with Crippen LogP contribution in [0.3, 0.4) is 0 Å². The van der Waals surface area contributed by atoms with E-state index in [1.807, 2.05) is 18.2 Å². The van der Waals surface area contributed by atoms with Gasteiger partial charge in [0.2, 0.25) is 0 Å². The molecule has 82 valence electrons. The molecule has 0 radical (unpaired) electrons. The number of aromatic hydroxyl groups is 1. The standard InChI is InChI=1S/C12H16O2Se/c1-2-3-4-11(14)9-15-12-7-5-10(13)6-8-12/h2,5-8,11,13-14H,1,3-4,9H2. The Bertz CT molecular complexity index is 295. The second-order valence-corrected chi connectivity index (χ2v) is 5.62. The average Bonchev–Trinajstić information content (AvgIpc) is 2.25. The van der Waals surface area contributed by atoms with Crippen molar-refractivity contribution in [1.82, 2.24) is 0 Å². The molecule has 1 unspecified atom stereocenters. The fraction of sp³-hybridized carbons (Fsp3) is 0.333. The number of hydrogen-bond donors (Lipinski definition) is 2. The van der Waals surface area contributed by atoms with Gasteiger partial charge in [-0.05, 0) is 0 Å². The minimum absolute atomic E-state index is 0.225. The van der Waals surface area contributed by atoms with E-state index < -0.39 is 0 Å². The molecule has 3 heteroatoms. The van der Waals surface area contributed by atoms with Gasteiger partial charge in [-0.2, -0.15) is 0 Å². The summed E-state index contributed by atoms with van der Waals surface area (Å²) >= 11 is 0.286. The Kier molecular flexibility index (Phi) is 5.48. The molecule has 1 aromatic carbocycles. The van der Waals surface area contributed by atoms with Crippen molar-refractivity contribution in [2.45, 2.75) is 24.3 Å². The van der Waals surface area contributed by atoms with Crippen LogP contribution in [0.2, 0.25) is 5.32 Å². The van der Waals surface area contributed by atoms with Crippen molar-refractivity contribution in [1.29, 1.82) is 0 Å². The van der Waals surface area contributed by atoms with Crippen molar-refractivity contribution in [3.63, 3.8) is 0 Å². The zero-order chi connectivity index (χ0) is 11.1. The molecule has 2 nitrogen and oxygen atoms in total. The Balaban J connectivity index is 2.30. The monoisotopic (exact) mass is 272 g/mol. The predicted molar refractivity (Wildman–Crippen MR) is 63.7 cm³/mol. The van der Waals surface area contributed by atoms with E-state index in [4.69, 9.17) is 5.11 Å². The third-order valence-corrected chi connectivity index (χ3v) is 4.41. The number of phenolic OH excluding ortho intramolecular Hbond substituents is 1. The van der Waals surface area contributed by atoms with Gasteiger partial charge in [0.05, 0.1) is 0 Å². The molecule has 0 spiro atoms. The maximum atomic E-state index is 9.61. The summed E-state index contributed by atoms with van der Waals surface area (Å²) in [6, 6.07) is 7.20. The van der Waals surface area contributed by atoms with Crippen molar-refractivity contribution in [2.75, 3.05) is 0 Å². The van der Waals surface area contributed by atoms with Crippen LogP contribution in [0.5, 0.6) is 5.75 Å². The number of phenols is 1. The topological polar surface area (TPSA) is 40.5 Å². The van der Waals surface area contributed by atoms with Crippen LogP contribution in [0.1, 0.15) is 12.8 Å². The van der Waals surface area contributed by atoms with Gasteiger partial charge in [0.15, 0.2) is 0 Å². The van der Waals surface area contributed by atoms with Crippen LogP contribution >= 0.6 is 0 Å². The third-order valence-electron chi connectivity index (χ3n) is 1.98. The molecule has 0 bridgehead atoms. The molecule has 0 aliphatic carbocycles. The SMILES string of the molecule is C=CCCC(O)C[Se]c1ccc(O)cc1. The normalized spacial score (nSPS) is 12.3. The molecule has 15 heavy (non-hydrogen) atoms. The first-order chi connectivity index (χ1) is 7.22. The van der Waals surface area contributed by atoms with Crippen LogP contribution in [0, 0.1) is 0 Å². The summed E-state index contributed by atoms with van der Waals surface area (Å²) in [5.41, 5.74) is 0. The number of aliphatic hydroxyl groups excluding tert-OH is 1. The first-order valence-corrected chi connectivity index (χ1v) is 7.00. The van der Waals surface area contributed by atoms with Crippen molar-refractivity contribution in [3.05, 3.63) is 36.9 Å². The Morgan fingerprint density at radius 3 is 2.60 bits per heavy atom.